The maximum absolute atomic E-state index is 11.5. The summed E-state index contributed by atoms with van der Waals surface area (Å²) in [6, 6.07) is 7.90. The third-order valence-electron chi connectivity index (χ3n) is 3.12. The molecule has 0 saturated heterocycles. The molecule has 19 heavy (non-hydrogen) atoms. The Morgan fingerprint density at radius 3 is 2.37 bits per heavy atom. The first kappa shape index (κ1) is 15.5. The van der Waals surface area contributed by atoms with Crippen molar-refractivity contribution in [3.63, 3.8) is 0 Å². The summed E-state index contributed by atoms with van der Waals surface area (Å²) in [4.78, 5) is 11.5. The predicted molar refractivity (Wildman–Crippen MR) is 75.4 cm³/mol. The molecule has 0 fully saturated rings. The number of esters is 1. The summed E-state index contributed by atoms with van der Waals surface area (Å²) in [6.07, 6.45) is 1.11. The normalized spacial score (nSPS) is 13.7. The highest BCUT2D eigenvalue weighted by Crippen LogP contribution is 2.20. The van der Waals surface area contributed by atoms with Crippen molar-refractivity contribution in [2.24, 2.45) is 0 Å². The quantitative estimate of drug-likeness (QED) is 0.768. The van der Waals surface area contributed by atoms with Crippen LogP contribution in [0.3, 0.4) is 0 Å². The fourth-order valence-corrected chi connectivity index (χ4v) is 2.20. The molecule has 0 spiro atoms. The number of benzene rings is 1. The fraction of sp³-hybridized carbons (Fsp3) is 0.533. The van der Waals surface area contributed by atoms with Crippen LogP contribution in [0.1, 0.15) is 25.8 Å². The molecule has 0 bridgehead atoms. The maximum atomic E-state index is 11.5. The molecule has 1 aromatic carbocycles. The van der Waals surface area contributed by atoms with Gasteiger partial charge in [-0.05, 0) is 37.6 Å². The lowest BCUT2D eigenvalue weighted by atomic mass is 9.89. The van der Waals surface area contributed by atoms with E-state index in [1.165, 1.54) is 7.11 Å². The zero-order chi connectivity index (χ0) is 14.3. The summed E-state index contributed by atoms with van der Waals surface area (Å²) in [5.74, 6) is 0.638. The van der Waals surface area contributed by atoms with Crippen molar-refractivity contribution in [2.75, 3.05) is 20.8 Å². The number of hydrogen-bond donors (Lipinski definition) is 1. The Balaban J connectivity index is 2.78. The van der Waals surface area contributed by atoms with E-state index in [1.54, 1.807) is 7.11 Å². The van der Waals surface area contributed by atoms with Crippen LogP contribution in [0.4, 0.5) is 0 Å². The van der Waals surface area contributed by atoms with E-state index in [-0.39, 0.29) is 11.5 Å². The highest BCUT2D eigenvalue weighted by atomic mass is 16.5. The Hall–Kier alpha value is -1.55. The van der Waals surface area contributed by atoms with E-state index in [1.807, 2.05) is 38.1 Å². The van der Waals surface area contributed by atoms with Crippen LogP contribution < -0.4 is 10.1 Å². The lowest BCUT2D eigenvalue weighted by Gasteiger charge is -2.29. The molecule has 1 unspecified atom stereocenters. The van der Waals surface area contributed by atoms with Gasteiger partial charge in [-0.3, -0.25) is 4.79 Å². The van der Waals surface area contributed by atoms with E-state index >= 15 is 0 Å². The van der Waals surface area contributed by atoms with Crippen molar-refractivity contribution in [3.05, 3.63) is 29.8 Å². The Labute approximate surface area is 115 Å². The standard InChI is InChI=1S/C15H23NO3/c1-5-16-15(2,11-14(17)19-4)10-12-6-8-13(18-3)9-7-12/h6-9,16H,5,10-11H2,1-4H3. The zero-order valence-corrected chi connectivity index (χ0v) is 12.2. The SMILES string of the molecule is CCNC(C)(CC(=O)OC)Cc1ccc(OC)cc1. The highest BCUT2D eigenvalue weighted by molar-refractivity contribution is 5.70. The van der Waals surface area contributed by atoms with Gasteiger partial charge in [0.2, 0.25) is 0 Å². The lowest BCUT2D eigenvalue weighted by Crippen LogP contribution is -2.46. The molecule has 4 heteroatoms. The number of likely N-dealkylation sites (N-methyl/N-ethyl adjacent to an activating group) is 1. The van der Waals surface area contributed by atoms with Crippen molar-refractivity contribution >= 4 is 5.97 Å². The molecule has 1 atom stereocenters. The first-order chi connectivity index (χ1) is 9.03. The van der Waals surface area contributed by atoms with Gasteiger partial charge in [-0.25, -0.2) is 0 Å². The minimum atomic E-state index is -0.295. The number of hydrogen-bond acceptors (Lipinski definition) is 4. The van der Waals surface area contributed by atoms with E-state index in [0.29, 0.717) is 6.42 Å². The van der Waals surface area contributed by atoms with E-state index in [9.17, 15) is 4.79 Å². The number of nitrogens with one attached hydrogen (secondary N) is 1. The van der Waals surface area contributed by atoms with Gasteiger partial charge in [0.15, 0.2) is 0 Å². The molecule has 0 radical (unpaired) electrons. The van der Waals surface area contributed by atoms with Gasteiger partial charge in [0, 0.05) is 5.54 Å². The van der Waals surface area contributed by atoms with Crippen LogP contribution >= 0.6 is 0 Å². The Kier molecular flexibility index (Phi) is 5.83. The van der Waals surface area contributed by atoms with Gasteiger partial charge in [0.1, 0.15) is 5.75 Å². The summed E-state index contributed by atoms with van der Waals surface area (Å²) >= 11 is 0. The molecule has 1 rings (SSSR count). The van der Waals surface area contributed by atoms with Gasteiger partial charge in [-0.2, -0.15) is 0 Å². The van der Waals surface area contributed by atoms with Gasteiger partial charge in [0.25, 0.3) is 0 Å². The van der Waals surface area contributed by atoms with Gasteiger partial charge in [-0.1, -0.05) is 19.1 Å². The molecule has 0 aliphatic carbocycles. The minimum Gasteiger partial charge on any atom is -0.497 e. The maximum Gasteiger partial charge on any atom is 0.307 e. The van der Waals surface area contributed by atoms with Crippen LogP contribution in [-0.2, 0) is 16.0 Å². The molecule has 1 aromatic rings. The topological polar surface area (TPSA) is 47.6 Å². The minimum absolute atomic E-state index is 0.197. The van der Waals surface area contributed by atoms with Crippen molar-refractivity contribution in [3.8, 4) is 5.75 Å². The van der Waals surface area contributed by atoms with Gasteiger partial charge < -0.3 is 14.8 Å². The molecule has 0 amide bonds. The van der Waals surface area contributed by atoms with Crippen molar-refractivity contribution < 1.29 is 14.3 Å². The molecule has 4 nitrogen and oxygen atoms in total. The third kappa shape index (κ3) is 4.91. The van der Waals surface area contributed by atoms with Crippen molar-refractivity contribution in [2.45, 2.75) is 32.2 Å². The van der Waals surface area contributed by atoms with Crippen LogP contribution in [0.5, 0.6) is 5.75 Å². The number of rotatable bonds is 7. The predicted octanol–water partition coefficient (Wildman–Crippen LogP) is 2.17. The monoisotopic (exact) mass is 265 g/mol. The molecular formula is C15H23NO3. The molecule has 0 heterocycles. The van der Waals surface area contributed by atoms with Gasteiger partial charge in [-0.15, -0.1) is 0 Å². The molecular weight excluding hydrogens is 242 g/mol. The van der Waals surface area contributed by atoms with E-state index in [0.717, 1.165) is 24.3 Å². The summed E-state index contributed by atoms with van der Waals surface area (Å²) < 4.78 is 9.91. The smallest absolute Gasteiger partial charge is 0.307 e. The van der Waals surface area contributed by atoms with Crippen LogP contribution in [0, 0.1) is 0 Å². The number of carbonyl (C=O) groups excluding carboxylic acids is 1. The molecule has 0 aliphatic rings. The first-order valence-electron chi connectivity index (χ1n) is 6.48. The molecule has 0 aliphatic heterocycles. The largest absolute Gasteiger partial charge is 0.497 e. The van der Waals surface area contributed by atoms with Crippen molar-refractivity contribution in [1.29, 1.82) is 0 Å². The van der Waals surface area contributed by atoms with E-state index in [4.69, 9.17) is 9.47 Å². The Morgan fingerprint density at radius 2 is 1.89 bits per heavy atom. The number of carbonyl (C=O) groups is 1. The summed E-state index contributed by atoms with van der Waals surface area (Å²) in [5, 5.41) is 3.37. The second-order valence-electron chi connectivity index (χ2n) is 4.87. The Bertz CT molecular complexity index is 402. The second kappa shape index (κ2) is 7.14. The highest BCUT2D eigenvalue weighted by Gasteiger charge is 2.27. The Morgan fingerprint density at radius 1 is 1.26 bits per heavy atom. The van der Waals surface area contributed by atoms with Crippen LogP contribution in [-0.4, -0.2) is 32.3 Å². The van der Waals surface area contributed by atoms with Crippen molar-refractivity contribution in [1.82, 2.24) is 5.32 Å². The van der Waals surface area contributed by atoms with Gasteiger partial charge >= 0.3 is 5.97 Å². The molecule has 1 N–H and O–H groups in total. The molecule has 106 valence electrons. The summed E-state index contributed by atoms with van der Waals surface area (Å²) in [7, 11) is 3.07. The average molecular weight is 265 g/mol. The second-order valence-corrected chi connectivity index (χ2v) is 4.87. The fourth-order valence-electron chi connectivity index (χ4n) is 2.20. The van der Waals surface area contributed by atoms with Crippen LogP contribution in [0.15, 0.2) is 24.3 Å². The number of methoxy groups -OCH3 is 2. The molecule has 0 aromatic heterocycles. The van der Waals surface area contributed by atoms with Crippen LogP contribution in [0.2, 0.25) is 0 Å². The van der Waals surface area contributed by atoms with E-state index in [2.05, 4.69) is 5.32 Å². The lowest BCUT2D eigenvalue weighted by molar-refractivity contribution is -0.142. The van der Waals surface area contributed by atoms with E-state index < -0.39 is 0 Å². The zero-order valence-electron chi connectivity index (χ0n) is 12.2. The first-order valence-corrected chi connectivity index (χ1v) is 6.48. The number of ether oxygens (including phenoxy) is 2. The third-order valence-corrected chi connectivity index (χ3v) is 3.12. The summed E-state index contributed by atoms with van der Waals surface area (Å²) in [5.41, 5.74) is 0.865. The van der Waals surface area contributed by atoms with Gasteiger partial charge in [0.05, 0.1) is 20.6 Å². The van der Waals surface area contributed by atoms with Crippen LogP contribution in [0.25, 0.3) is 0 Å². The summed E-state index contributed by atoms with van der Waals surface area (Å²) in [6.45, 7) is 4.88. The average Bonchev–Trinajstić information content (AvgIpc) is 2.39. The molecule has 0 saturated carbocycles.